The third-order valence-corrected chi connectivity index (χ3v) is 4.40. The number of benzene rings is 1. The number of aliphatic hydroxyl groups is 4. The maximum Gasteiger partial charge on any atom is 0.212 e. The Morgan fingerprint density at radius 2 is 1.87 bits per heavy atom. The SMILES string of the molecule is OCC(O)C(O)C(O)c1nnc2n1N=C(c1ccccc1)CS2. The monoisotopic (exact) mass is 336 g/mol. The largest absolute Gasteiger partial charge is 0.394 e. The zero-order valence-corrected chi connectivity index (χ0v) is 12.8. The Bertz CT molecular complexity index is 706. The first kappa shape index (κ1) is 16.1. The first-order valence-electron chi connectivity index (χ1n) is 6.98. The second-order valence-corrected chi connectivity index (χ2v) is 5.98. The zero-order chi connectivity index (χ0) is 16.4. The van der Waals surface area contributed by atoms with Crippen LogP contribution in [0.5, 0.6) is 0 Å². The van der Waals surface area contributed by atoms with Crippen LogP contribution in [0.4, 0.5) is 0 Å². The Morgan fingerprint density at radius 1 is 1.13 bits per heavy atom. The Kier molecular flexibility index (Phi) is 4.74. The van der Waals surface area contributed by atoms with Gasteiger partial charge in [-0.3, -0.25) is 0 Å². The molecule has 3 atom stereocenters. The molecule has 1 aromatic heterocycles. The van der Waals surface area contributed by atoms with Gasteiger partial charge in [-0.2, -0.15) is 9.78 Å². The summed E-state index contributed by atoms with van der Waals surface area (Å²) in [7, 11) is 0. The first-order valence-corrected chi connectivity index (χ1v) is 7.97. The molecule has 3 rings (SSSR count). The Hall–Kier alpha value is -1.78. The van der Waals surface area contributed by atoms with Gasteiger partial charge in [0.15, 0.2) is 5.82 Å². The predicted octanol–water partition coefficient (Wildman–Crippen LogP) is -0.616. The summed E-state index contributed by atoms with van der Waals surface area (Å²) in [5.41, 5.74) is 1.73. The fourth-order valence-electron chi connectivity index (χ4n) is 2.17. The molecule has 0 fully saturated rings. The standard InChI is InChI=1S/C14H16N4O4S/c19-6-10(20)11(21)12(22)13-15-16-14-18(13)17-9(7-23-14)8-4-2-1-3-5-8/h1-5,10-12,19-22H,6-7H2. The van der Waals surface area contributed by atoms with E-state index in [2.05, 4.69) is 15.3 Å². The van der Waals surface area contributed by atoms with Crippen LogP contribution in [0.3, 0.4) is 0 Å². The van der Waals surface area contributed by atoms with Crippen molar-refractivity contribution in [3.05, 3.63) is 41.7 Å². The van der Waals surface area contributed by atoms with Crippen LogP contribution in [0.1, 0.15) is 17.5 Å². The van der Waals surface area contributed by atoms with Gasteiger partial charge in [-0.1, -0.05) is 42.1 Å². The minimum absolute atomic E-state index is 0.0145. The van der Waals surface area contributed by atoms with Crippen molar-refractivity contribution in [3.63, 3.8) is 0 Å². The average Bonchev–Trinajstić information content (AvgIpc) is 3.03. The maximum absolute atomic E-state index is 10.2. The molecule has 0 saturated carbocycles. The van der Waals surface area contributed by atoms with Gasteiger partial charge in [0, 0.05) is 5.75 Å². The van der Waals surface area contributed by atoms with Crippen molar-refractivity contribution < 1.29 is 20.4 Å². The van der Waals surface area contributed by atoms with Gasteiger partial charge < -0.3 is 20.4 Å². The van der Waals surface area contributed by atoms with Crippen LogP contribution >= 0.6 is 11.8 Å². The topological polar surface area (TPSA) is 124 Å². The second-order valence-electron chi connectivity index (χ2n) is 5.04. The molecule has 1 aliphatic rings. The molecule has 0 amide bonds. The molecule has 2 heterocycles. The fourth-order valence-corrected chi connectivity index (χ4v) is 3.02. The number of rotatable bonds is 5. The Labute approximate surface area is 136 Å². The van der Waals surface area contributed by atoms with Crippen molar-refractivity contribution in [2.45, 2.75) is 23.5 Å². The summed E-state index contributed by atoms with van der Waals surface area (Å²) >= 11 is 1.41. The maximum atomic E-state index is 10.2. The molecule has 0 radical (unpaired) electrons. The lowest BCUT2D eigenvalue weighted by Gasteiger charge is -2.21. The quantitative estimate of drug-likeness (QED) is 0.574. The van der Waals surface area contributed by atoms with Gasteiger partial charge in [0.25, 0.3) is 0 Å². The lowest BCUT2D eigenvalue weighted by molar-refractivity contribution is -0.0813. The zero-order valence-electron chi connectivity index (χ0n) is 12.0. The number of thioether (sulfide) groups is 1. The van der Waals surface area contributed by atoms with Gasteiger partial charge in [0.05, 0.1) is 12.3 Å². The molecule has 0 aliphatic carbocycles. The molecule has 1 aromatic carbocycles. The number of aliphatic hydroxyl groups excluding tert-OH is 4. The van der Waals surface area contributed by atoms with E-state index < -0.39 is 24.9 Å². The molecule has 4 N–H and O–H groups in total. The number of fused-ring (bicyclic) bond motifs is 1. The van der Waals surface area contributed by atoms with Crippen LogP contribution in [0.25, 0.3) is 0 Å². The molecule has 122 valence electrons. The van der Waals surface area contributed by atoms with Gasteiger partial charge in [-0.05, 0) is 5.56 Å². The molecule has 2 aromatic rings. The Balaban J connectivity index is 1.94. The lowest BCUT2D eigenvalue weighted by atomic mass is 10.1. The summed E-state index contributed by atoms with van der Waals surface area (Å²) in [4.78, 5) is 0. The van der Waals surface area contributed by atoms with Crippen molar-refractivity contribution in [2.24, 2.45) is 5.10 Å². The Morgan fingerprint density at radius 3 is 2.57 bits per heavy atom. The summed E-state index contributed by atoms with van der Waals surface area (Å²) in [6, 6.07) is 9.57. The van der Waals surface area contributed by atoms with Crippen LogP contribution < -0.4 is 0 Å². The van der Waals surface area contributed by atoms with Crippen molar-refractivity contribution in [2.75, 3.05) is 12.4 Å². The normalized spacial score (nSPS) is 18.0. The van der Waals surface area contributed by atoms with E-state index in [1.807, 2.05) is 30.3 Å². The van der Waals surface area contributed by atoms with Crippen LogP contribution in [-0.4, -0.2) is 65.6 Å². The summed E-state index contributed by atoms with van der Waals surface area (Å²) in [6.45, 7) is -0.674. The third-order valence-electron chi connectivity index (χ3n) is 3.47. The van der Waals surface area contributed by atoms with E-state index in [4.69, 9.17) is 5.11 Å². The highest BCUT2D eigenvalue weighted by Gasteiger charge is 2.32. The molecule has 9 heteroatoms. The van der Waals surface area contributed by atoms with Gasteiger partial charge >= 0.3 is 0 Å². The number of aromatic nitrogens is 3. The minimum Gasteiger partial charge on any atom is -0.394 e. The highest BCUT2D eigenvalue weighted by molar-refractivity contribution is 7.99. The molecule has 3 unspecified atom stereocenters. The van der Waals surface area contributed by atoms with Crippen LogP contribution in [-0.2, 0) is 0 Å². The van der Waals surface area contributed by atoms with Crippen molar-refractivity contribution in [3.8, 4) is 0 Å². The van der Waals surface area contributed by atoms with Gasteiger partial charge in [-0.15, -0.1) is 10.2 Å². The van der Waals surface area contributed by atoms with Crippen LogP contribution in [0, 0.1) is 0 Å². The minimum atomic E-state index is -1.59. The van der Waals surface area contributed by atoms with Crippen LogP contribution in [0.2, 0.25) is 0 Å². The number of nitrogens with zero attached hydrogens (tertiary/aromatic N) is 4. The average molecular weight is 336 g/mol. The van der Waals surface area contributed by atoms with E-state index in [1.54, 1.807) is 0 Å². The second kappa shape index (κ2) is 6.77. The third kappa shape index (κ3) is 3.14. The molecule has 0 saturated heterocycles. The highest BCUT2D eigenvalue weighted by atomic mass is 32.2. The summed E-state index contributed by atoms with van der Waals surface area (Å²) in [6.07, 6.45) is -4.58. The molecule has 8 nitrogen and oxygen atoms in total. The van der Waals surface area contributed by atoms with Crippen molar-refractivity contribution in [1.29, 1.82) is 0 Å². The lowest BCUT2D eigenvalue weighted by Crippen LogP contribution is -2.36. The summed E-state index contributed by atoms with van der Waals surface area (Å²) < 4.78 is 1.36. The van der Waals surface area contributed by atoms with E-state index in [-0.39, 0.29) is 5.82 Å². The number of hydrogen-bond donors (Lipinski definition) is 4. The van der Waals surface area contributed by atoms with E-state index in [9.17, 15) is 15.3 Å². The molecule has 0 spiro atoms. The smallest absolute Gasteiger partial charge is 0.212 e. The molecular weight excluding hydrogens is 320 g/mol. The first-order chi connectivity index (χ1) is 11.1. The summed E-state index contributed by atoms with van der Waals surface area (Å²) in [5, 5.41) is 51.1. The predicted molar refractivity (Wildman–Crippen MR) is 83.2 cm³/mol. The van der Waals surface area contributed by atoms with Crippen LogP contribution in [0.15, 0.2) is 40.6 Å². The van der Waals surface area contributed by atoms with E-state index in [1.165, 1.54) is 16.4 Å². The van der Waals surface area contributed by atoms with Crippen molar-refractivity contribution in [1.82, 2.24) is 14.9 Å². The molecular formula is C14H16N4O4S. The van der Waals surface area contributed by atoms with Crippen molar-refractivity contribution >= 4 is 17.5 Å². The van der Waals surface area contributed by atoms with Gasteiger partial charge in [0.1, 0.15) is 18.3 Å². The van der Waals surface area contributed by atoms with E-state index in [0.717, 1.165) is 11.3 Å². The molecule has 23 heavy (non-hydrogen) atoms. The fraction of sp³-hybridized carbons (Fsp3) is 0.357. The number of hydrogen-bond acceptors (Lipinski definition) is 8. The molecule has 1 aliphatic heterocycles. The van der Waals surface area contributed by atoms with E-state index >= 15 is 0 Å². The summed E-state index contributed by atoms with van der Waals surface area (Å²) in [5.74, 6) is 0.626. The van der Waals surface area contributed by atoms with Gasteiger partial charge in [-0.25, -0.2) is 0 Å². The molecule has 0 bridgehead atoms. The van der Waals surface area contributed by atoms with Gasteiger partial charge in [0.2, 0.25) is 5.16 Å². The van der Waals surface area contributed by atoms with E-state index in [0.29, 0.717) is 10.9 Å². The highest BCUT2D eigenvalue weighted by Crippen LogP contribution is 2.27.